The van der Waals surface area contributed by atoms with Crippen molar-refractivity contribution >= 4 is 29.1 Å². The van der Waals surface area contributed by atoms with Crippen LogP contribution in [0.4, 0.5) is 5.69 Å². The van der Waals surface area contributed by atoms with Crippen LogP contribution in [0.1, 0.15) is 131 Å². The van der Waals surface area contributed by atoms with E-state index in [-0.39, 0.29) is 48.6 Å². The third-order valence-electron chi connectivity index (χ3n) is 15.5. The first-order valence-corrected chi connectivity index (χ1v) is 25.9. The van der Waals surface area contributed by atoms with Crippen LogP contribution in [0, 0.1) is 40.9 Å². The van der Waals surface area contributed by atoms with Gasteiger partial charge in [-0.05, 0) is 145 Å². The highest BCUT2D eigenvalue weighted by Crippen LogP contribution is 2.38. The van der Waals surface area contributed by atoms with Gasteiger partial charge in [0, 0.05) is 50.4 Å². The molecule has 5 rings (SSSR count). The molecule has 3 fully saturated rings. The van der Waals surface area contributed by atoms with Crippen LogP contribution in [0.3, 0.4) is 0 Å². The number of benzene rings is 1. The summed E-state index contributed by atoms with van der Waals surface area (Å²) < 4.78 is 23.9. The maximum atomic E-state index is 14.5. The summed E-state index contributed by atoms with van der Waals surface area (Å²) >= 11 is 0. The van der Waals surface area contributed by atoms with Crippen molar-refractivity contribution in [2.45, 2.75) is 186 Å². The van der Waals surface area contributed by atoms with Crippen LogP contribution in [-0.2, 0) is 38.1 Å². The fourth-order valence-corrected chi connectivity index (χ4v) is 10.9. The van der Waals surface area contributed by atoms with E-state index >= 15 is 0 Å². The van der Waals surface area contributed by atoms with Crippen LogP contribution < -0.4 is 11.1 Å². The van der Waals surface area contributed by atoms with Crippen molar-refractivity contribution in [2.24, 2.45) is 35.3 Å². The third-order valence-corrected chi connectivity index (χ3v) is 15.5. The highest BCUT2D eigenvalue weighted by atomic mass is 16.6. The van der Waals surface area contributed by atoms with Gasteiger partial charge in [-0.2, -0.15) is 5.26 Å². The number of aliphatic hydroxyl groups excluding tert-OH is 2. The molecule has 3 heterocycles. The number of ether oxygens (including phenoxy) is 4. The minimum atomic E-state index is -2.45. The highest BCUT2D eigenvalue weighted by molar-refractivity contribution is 6.39. The number of allylic oxidation sites excluding steroid dienone is 5. The van der Waals surface area contributed by atoms with Crippen molar-refractivity contribution in [3.8, 4) is 6.07 Å². The molecule has 15 heteroatoms. The molecule has 0 spiro atoms. The van der Waals surface area contributed by atoms with Gasteiger partial charge in [0.1, 0.15) is 24.4 Å². The van der Waals surface area contributed by atoms with Crippen molar-refractivity contribution in [1.82, 2.24) is 4.90 Å². The fraction of sp³-hybridized carbons (Fsp3) is 0.661. The number of anilines is 1. The van der Waals surface area contributed by atoms with Gasteiger partial charge in [-0.3, -0.25) is 14.4 Å². The number of esters is 1. The van der Waals surface area contributed by atoms with E-state index in [1.54, 1.807) is 39.2 Å². The van der Waals surface area contributed by atoms with Crippen LogP contribution in [0.5, 0.6) is 0 Å². The van der Waals surface area contributed by atoms with E-state index in [1.807, 2.05) is 70.2 Å². The zero-order valence-corrected chi connectivity index (χ0v) is 43.3. The van der Waals surface area contributed by atoms with E-state index in [0.29, 0.717) is 81.8 Å². The molecule has 6 N–H and O–H groups in total. The number of Topliss-reactive ketones (excluding diaryl/α,β-unsaturated/α-hetero) is 2. The van der Waals surface area contributed by atoms with E-state index in [9.17, 15) is 39.8 Å². The number of nitrogens with zero attached hydrogens (tertiary/aromatic N) is 2. The lowest BCUT2D eigenvalue weighted by atomic mass is 9.78. The number of ketones is 2. The molecular weight excluding hydrogens is 905 g/mol. The largest absolute Gasteiger partial charge is 0.461 e. The zero-order valence-electron chi connectivity index (χ0n) is 43.3. The molecule has 15 atom stereocenters. The summed E-state index contributed by atoms with van der Waals surface area (Å²) in [5.41, 5.74) is 9.35. The minimum absolute atomic E-state index is 0.0145. The average Bonchev–Trinajstić information content (AvgIpc) is 3.35. The van der Waals surface area contributed by atoms with Gasteiger partial charge in [-0.1, -0.05) is 69.7 Å². The molecule has 15 nitrogen and oxygen atoms in total. The average molecular weight is 987 g/mol. The first-order chi connectivity index (χ1) is 33.8. The number of nitriles is 1. The van der Waals surface area contributed by atoms with Gasteiger partial charge in [0.2, 0.25) is 5.79 Å². The van der Waals surface area contributed by atoms with Gasteiger partial charge in [-0.25, -0.2) is 4.79 Å². The first kappa shape index (κ1) is 57.4. The third kappa shape index (κ3) is 15.5. The molecule has 3 aliphatic heterocycles. The van der Waals surface area contributed by atoms with E-state index in [2.05, 4.69) is 11.4 Å². The second-order valence-corrected chi connectivity index (χ2v) is 21.0. The molecule has 392 valence electrons. The lowest BCUT2D eigenvalue weighted by Gasteiger charge is -2.43. The van der Waals surface area contributed by atoms with Gasteiger partial charge in [-0.15, -0.1) is 0 Å². The van der Waals surface area contributed by atoms with Gasteiger partial charge < -0.3 is 50.2 Å². The number of cyclic esters (lactones) is 1. The number of rotatable bonds is 7. The van der Waals surface area contributed by atoms with Crippen LogP contribution in [0.15, 0.2) is 71.9 Å². The van der Waals surface area contributed by atoms with Crippen LogP contribution in [0.25, 0.3) is 0 Å². The Morgan fingerprint density at radius 2 is 1.63 bits per heavy atom. The van der Waals surface area contributed by atoms with Crippen LogP contribution in [0.2, 0.25) is 0 Å². The molecule has 1 saturated carbocycles. The van der Waals surface area contributed by atoms with Crippen molar-refractivity contribution in [3.63, 3.8) is 0 Å². The van der Waals surface area contributed by atoms with E-state index < -0.39 is 77.9 Å². The molecule has 1 aliphatic carbocycles. The maximum absolute atomic E-state index is 14.5. The summed E-state index contributed by atoms with van der Waals surface area (Å²) in [6.45, 7) is 11.3. The number of carbonyl (C=O) groups is 4. The van der Waals surface area contributed by atoms with E-state index in [0.717, 1.165) is 17.7 Å². The second kappa shape index (κ2) is 27.0. The van der Waals surface area contributed by atoms with Crippen molar-refractivity contribution in [3.05, 3.63) is 77.4 Å². The number of amides is 1. The summed E-state index contributed by atoms with van der Waals surface area (Å²) in [6, 6.07) is 7.17. The van der Waals surface area contributed by atoms with Crippen LogP contribution in [-0.4, -0.2) is 125 Å². The lowest BCUT2D eigenvalue weighted by Crippen LogP contribution is -2.61. The molecule has 2 bridgehead atoms. The Morgan fingerprint density at radius 1 is 0.901 bits per heavy atom. The fourth-order valence-electron chi connectivity index (χ4n) is 10.9. The molecule has 4 aliphatic rings. The number of nitrogens with one attached hydrogen (secondary N) is 1. The monoisotopic (exact) mass is 987 g/mol. The summed E-state index contributed by atoms with van der Waals surface area (Å²) in [5.74, 6) is -6.56. The number of nitrogens with two attached hydrogens (primary N) is 1. The summed E-state index contributed by atoms with van der Waals surface area (Å²) in [5, 5.41) is 47.1. The molecule has 1 amide bonds. The van der Waals surface area contributed by atoms with Crippen molar-refractivity contribution in [1.29, 1.82) is 5.26 Å². The molecule has 1 aromatic rings. The zero-order chi connectivity index (χ0) is 52.0. The normalized spacial score (nSPS) is 37.7. The minimum Gasteiger partial charge on any atom is -0.461 e. The summed E-state index contributed by atoms with van der Waals surface area (Å²) in [7, 11) is 3.00. The molecule has 2 saturated heterocycles. The number of hydrogen-bond donors (Lipinski definition) is 5. The Balaban J connectivity index is 1.48. The molecule has 71 heavy (non-hydrogen) atoms. The Kier molecular flexibility index (Phi) is 21.8. The maximum Gasteiger partial charge on any atom is 0.329 e. The number of fused-ring (bicyclic) bond motifs is 3. The smallest absolute Gasteiger partial charge is 0.329 e. The Bertz CT molecular complexity index is 2120. The first-order valence-electron chi connectivity index (χ1n) is 25.9. The van der Waals surface area contributed by atoms with Crippen molar-refractivity contribution in [2.75, 3.05) is 26.1 Å². The lowest BCUT2D eigenvalue weighted by molar-refractivity contribution is -0.263. The SMILES string of the molecule is CO[C@@H]1C[C@H](C[C@@H](C)[C@@H]2CC[C@H](N)/C=C(\C)[C@@H](O)[C@@H](OC)C(=O)[C@H](C)C[C@H](C)/C=C/C=C/C=C(\C)C(Nc3ccc(C#N)cc3)CC3CCC(C)[C@@](O)(O3)C(=O)C(=O)N3CCCCC3C(=O)O2)CC[C@H]1O. The predicted octanol–water partition coefficient (Wildman–Crippen LogP) is 7.03. The molecule has 0 radical (unpaired) electrons. The highest BCUT2D eigenvalue weighted by Gasteiger charge is 2.53. The number of hydrogen-bond acceptors (Lipinski definition) is 14. The van der Waals surface area contributed by atoms with Gasteiger partial charge in [0.25, 0.3) is 11.7 Å². The van der Waals surface area contributed by atoms with Gasteiger partial charge >= 0.3 is 5.97 Å². The number of piperidine rings is 1. The predicted molar refractivity (Wildman–Crippen MR) is 271 cm³/mol. The molecule has 0 aromatic heterocycles. The Morgan fingerprint density at radius 3 is 2.32 bits per heavy atom. The van der Waals surface area contributed by atoms with Crippen molar-refractivity contribution < 1.29 is 53.4 Å². The summed E-state index contributed by atoms with van der Waals surface area (Å²) in [6.07, 6.45) is 13.5. The topological polar surface area (TPSA) is 231 Å². The Hall–Kier alpha value is -4.53. The Labute approximate surface area is 421 Å². The second-order valence-electron chi connectivity index (χ2n) is 21.0. The molecular formula is C56H82N4O11. The van der Waals surface area contributed by atoms with Gasteiger partial charge in [0.15, 0.2) is 5.78 Å². The number of methoxy groups -OCH3 is 2. The van der Waals surface area contributed by atoms with Crippen LogP contribution >= 0.6 is 0 Å². The number of aliphatic hydroxyl groups is 3. The summed E-state index contributed by atoms with van der Waals surface area (Å²) in [4.78, 5) is 58.4. The quantitative estimate of drug-likeness (QED) is 0.105. The number of carbonyl (C=O) groups excluding carboxylic acids is 4. The standard InChI is InChI=1S/C56H82N4O11/c1-34-14-10-9-11-15-35(2)45(59-43-22-18-40(33-57)19-23-43)32-44-24-17-39(6)56(67,71-44)53(64)54(65)60-27-13-12-16-46(60)55(66)70-48(36(3)29-41-20-25-47(61)49(31-41)68-7)26-21-42(58)30-38(5)51(63)52(69-8)50(62)37(4)28-34/h9-11,14-15,18-19,22-23,30,34,36-37,39,41-42,44-49,51-52,59,61,63,67H,12-13,16-17,20-21,24-29,31-32,58H2,1-8H3/b11-9+,14-10+,35-15+,38-30+/t34-,36-,37-,39?,41+,42+,44?,45?,46?,47-,48+,49-,51-,52+,56-/m1/s1. The van der Waals surface area contributed by atoms with E-state index in [4.69, 9.17) is 24.7 Å². The van der Waals surface area contributed by atoms with Gasteiger partial charge in [0.05, 0.1) is 29.9 Å². The molecule has 1 aromatic carbocycles. The van der Waals surface area contributed by atoms with E-state index in [1.165, 1.54) is 12.0 Å². The molecule has 4 unspecified atom stereocenters.